The van der Waals surface area contributed by atoms with Crippen LogP contribution >= 0.6 is 0 Å². The molecule has 3 unspecified atom stereocenters. The lowest BCUT2D eigenvalue weighted by Gasteiger charge is -2.50. The number of aryl methyl sites for hydroxylation is 1. The summed E-state index contributed by atoms with van der Waals surface area (Å²) in [6.07, 6.45) is 9.77. The molecule has 0 amide bonds. The number of ether oxygens (including phenoxy) is 1. The largest absolute Gasteiger partial charge is 0.492 e. The second-order valence-electron chi connectivity index (χ2n) is 9.81. The molecule has 0 spiro atoms. The van der Waals surface area contributed by atoms with Crippen LogP contribution in [0.2, 0.25) is 0 Å². The number of nitrogens with zero attached hydrogens (tertiary/aromatic N) is 1. The van der Waals surface area contributed by atoms with Gasteiger partial charge in [0.25, 0.3) is 0 Å². The van der Waals surface area contributed by atoms with Crippen LogP contribution in [0.25, 0.3) is 0 Å². The summed E-state index contributed by atoms with van der Waals surface area (Å²) in [4.78, 5) is 2.51. The van der Waals surface area contributed by atoms with Crippen molar-refractivity contribution in [1.82, 2.24) is 4.90 Å². The van der Waals surface area contributed by atoms with Crippen molar-refractivity contribution in [1.29, 1.82) is 0 Å². The topological polar surface area (TPSA) is 32.7 Å². The van der Waals surface area contributed by atoms with Crippen molar-refractivity contribution >= 4 is 0 Å². The molecule has 4 aliphatic rings. The summed E-state index contributed by atoms with van der Waals surface area (Å²) >= 11 is 0. The number of benzene rings is 1. The van der Waals surface area contributed by atoms with Crippen LogP contribution < -0.4 is 4.74 Å². The molecule has 3 aliphatic carbocycles. The second kappa shape index (κ2) is 7.08. The van der Waals surface area contributed by atoms with Crippen LogP contribution in [0.4, 0.5) is 0 Å². The first kappa shape index (κ1) is 18.0. The van der Waals surface area contributed by atoms with Gasteiger partial charge in [0, 0.05) is 6.54 Å². The molecule has 27 heavy (non-hydrogen) atoms. The lowest BCUT2D eigenvalue weighted by atomic mass is 9.55. The fourth-order valence-corrected chi connectivity index (χ4v) is 6.92. The van der Waals surface area contributed by atoms with Gasteiger partial charge in [-0.05, 0) is 111 Å². The van der Waals surface area contributed by atoms with Gasteiger partial charge < -0.3 is 9.84 Å². The van der Waals surface area contributed by atoms with E-state index < -0.39 is 0 Å². The maximum Gasteiger partial charge on any atom is 0.119 e. The molecule has 3 heteroatoms. The van der Waals surface area contributed by atoms with Crippen LogP contribution in [0.3, 0.4) is 0 Å². The second-order valence-corrected chi connectivity index (χ2v) is 9.81. The Morgan fingerprint density at radius 3 is 2.85 bits per heavy atom. The predicted molar refractivity (Wildman–Crippen MR) is 108 cm³/mol. The van der Waals surface area contributed by atoms with Crippen molar-refractivity contribution in [2.75, 3.05) is 26.2 Å². The standard InChI is InChI=1S/C24H35NO2/c1-24-11-10-20-19-7-5-18(27-15-14-25-12-2-3-13-25)16-17(19)4-6-21(20)22(24)8-9-23(24)26/h5,7,16,20-23,26H,2-4,6,8-15H2,1H3/t20?,21?,22?,23-,24-/m0/s1. The Balaban J connectivity index is 1.27. The van der Waals surface area contributed by atoms with Gasteiger partial charge in [0.05, 0.1) is 6.10 Å². The number of likely N-dealkylation sites (tertiary alicyclic amines) is 1. The number of aliphatic hydroxyl groups excluding tert-OH is 1. The molecule has 148 valence electrons. The van der Waals surface area contributed by atoms with Crippen molar-refractivity contribution in [3.05, 3.63) is 29.3 Å². The van der Waals surface area contributed by atoms with Crippen molar-refractivity contribution in [3.63, 3.8) is 0 Å². The van der Waals surface area contributed by atoms with E-state index in [1.807, 2.05) is 0 Å². The molecule has 3 fully saturated rings. The monoisotopic (exact) mass is 369 g/mol. The summed E-state index contributed by atoms with van der Waals surface area (Å²) in [7, 11) is 0. The van der Waals surface area contributed by atoms with E-state index in [1.54, 1.807) is 5.56 Å². The minimum atomic E-state index is -0.0729. The van der Waals surface area contributed by atoms with Crippen molar-refractivity contribution < 1.29 is 9.84 Å². The highest BCUT2D eigenvalue weighted by Gasteiger charge is 2.54. The molecular formula is C24H35NO2. The number of rotatable bonds is 4. The van der Waals surface area contributed by atoms with Gasteiger partial charge in [0.15, 0.2) is 0 Å². The summed E-state index contributed by atoms with van der Waals surface area (Å²) in [6, 6.07) is 6.90. The van der Waals surface area contributed by atoms with Gasteiger partial charge in [-0.25, -0.2) is 0 Å². The average molecular weight is 370 g/mol. The number of hydrogen-bond acceptors (Lipinski definition) is 3. The fraction of sp³-hybridized carbons (Fsp3) is 0.750. The van der Waals surface area contributed by atoms with Crippen molar-refractivity contribution in [2.45, 2.75) is 70.3 Å². The number of aliphatic hydroxyl groups is 1. The minimum Gasteiger partial charge on any atom is -0.492 e. The summed E-state index contributed by atoms with van der Waals surface area (Å²) in [5.74, 6) is 3.25. The van der Waals surface area contributed by atoms with Gasteiger partial charge in [-0.15, -0.1) is 0 Å². The summed E-state index contributed by atoms with van der Waals surface area (Å²) < 4.78 is 6.09. The van der Waals surface area contributed by atoms with E-state index >= 15 is 0 Å². The molecule has 1 aliphatic heterocycles. The maximum absolute atomic E-state index is 10.5. The Morgan fingerprint density at radius 1 is 1.15 bits per heavy atom. The fourth-order valence-electron chi connectivity index (χ4n) is 6.92. The molecule has 3 nitrogen and oxygen atoms in total. The highest BCUT2D eigenvalue weighted by atomic mass is 16.5. The number of hydrogen-bond donors (Lipinski definition) is 1. The lowest BCUT2D eigenvalue weighted by molar-refractivity contribution is -0.0226. The Kier molecular flexibility index (Phi) is 4.72. The van der Waals surface area contributed by atoms with Crippen LogP contribution in [0.15, 0.2) is 18.2 Å². The van der Waals surface area contributed by atoms with E-state index in [-0.39, 0.29) is 11.5 Å². The third kappa shape index (κ3) is 3.11. The summed E-state index contributed by atoms with van der Waals surface area (Å²) in [5.41, 5.74) is 3.29. The molecule has 1 saturated heterocycles. The zero-order valence-electron chi connectivity index (χ0n) is 16.8. The van der Waals surface area contributed by atoms with Crippen molar-refractivity contribution in [2.24, 2.45) is 17.3 Å². The van der Waals surface area contributed by atoms with Gasteiger partial charge in [-0.3, -0.25) is 4.90 Å². The third-order valence-electron chi connectivity index (χ3n) is 8.52. The summed E-state index contributed by atoms with van der Waals surface area (Å²) in [6.45, 7) is 6.71. The Labute approximate surface area is 164 Å². The van der Waals surface area contributed by atoms with E-state index in [9.17, 15) is 5.11 Å². The molecule has 0 radical (unpaired) electrons. The zero-order chi connectivity index (χ0) is 18.4. The molecule has 1 aromatic rings. The molecule has 5 rings (SSSR count). The Hall–Kier alpha value is -1.06. The molecule has 1 N–H and O–H groups in total. The van der Waals surface area contributed by atoms with Crippen LogP contribution in [-0.4, -0.2) is 42.4 Å². The van der Waals surface area contributed by atoms with Crippen LogP contribution in [-0.2, 0) is 6.42 Å². The van der Waals surface area contributed by atoms with Crippen molar-refractivity contribution in [3.8, 4) is 5.75 Å². The molecule has 1 heterocycles. The molecule has 5 atom stereocenters. The zero-order valence-corrected chi connectivity index (χ0v) is 16.8. The normalized spacial score (nSPS) is 38.3. The van der Waals surface area contributed by atoms with Crippen LogP contribution in [0, 0.1) is 17.3 Å². The average Bonchev–Trinajstić information content (AvgIpc) is 3.30. The molecule has 0 bridgehead atoms. The molecule has 2 saturated carbocycles. The Morgan fingerprint density at radius 2 is 2.00 bits per heavy atom. The van der Waals surface area contributed by atoms with E-state index in [4.69, 9.17) is 4.74 Å². The molecule has 1 aromatic carbocycles. The van der Waals surface area contributed by atoms with Gasteiger partial charge in [0.2, 0.25) is 0 Å². The molecule has 0 aromatic heterocycles. The first-order valence-corrected chi connectivity index (χ1v) is 11.3. The van der Waals surface area contributed by atoms with Crippen LogP contribution in [0.5, 0.6) is 5.75 Å². The lowest BCUT2D eigenvalue weighted by Crippen LogP contribution is -2.43. The van der Waals surface area contributed by atoms with Gasteiger partial charge in [0.1, 0.15) is 12.4 Å². The SMILES string of the molecule is C[C@]12CCC3c4ccc(OCCN5CCCC5)cc4CCC3C1CC[C@@H]2O. The highest BCUT2D eigenvalue weighted by molar-refractivity contribution is 5.40. The third-order valence-corrected chi connectivity index (χ3v) is 8.52. The smallest absolute Gasteiger partial charge is 0.119 e. The van der Waals surface area contributed by atoms with E-state index in [2.05, 4.69) is 30.0 Å². The maximum atomic E-state index is 10.5. The highest BCUT2D eigenvalue weighted by Crippen LogP contribution is 2.60. The minimum absolute atomic E-state index is 0.0729. The van der Waals surface area contributed by atoms with Gasteiger partial charge in [-0.2, -0.15) is 0 Å². The van der Waals surface area contributed by atoms with Gasteiger partial charge in [-0.1, -0.05) is 13.0 Å². The first-order valence-electron chi connectivity index (χ1n) is 11.3. The van der Waals surface area contributed by atoms with E-state index in [0.717, 1.165) is 37.2 Å². The predicted octanol–water partition coefficient (Wildman–Crippen LogP) is 4.38. The van der Waals surface area contributed by atoms with Gasteiger partial charge >= 0.3 is 0 Å². The Bertz CT molecular complexity index is 683. The van der Waals surface area contributed by atoms with E-state index in [1.165, 1.54) is 63.6 Å². The van der Waals surface area contributed by atoms with Crippen LogP contribution in [0.1, 0.15) is 68.9 Å². The number of fused-ring (bicyclic) bond motifs is 5. The quantitative estimate of drug-likeness (QED) is 0.855. The molecular weight excluding hydrogens is 334 g/mol. The summed E-state index contributed by atoms with van der Waals surface area (Å²) in [5, 5.41) is 10.5. The first-order chi connectivity index (χ1) is 13.1. The van der Waals surface area contributed by atoms with E-state index in [0.29, 0.717) is 5.92 Å².